The number of methoxy groups -OCH3 is 2. The van der Waals surface area contributed by atoms with Crippen molar-refractivity contribution in [2.24, 2.45) is 5.92 Å². The van der Waals surface area contributed by atoms with Gasteiger partial charge in [0.2, 0.25) is 17.6 Å². The third-order valence-electron chi connectivity index (χ3n) is 13.8. The van der Waals surface area contributed by atoms with E-state index in [1.54, 1.807) is 20.1 Å². The highest BCUT2D eigenvalue weighted by Gasteiger charge is 2.45. The van der Waals surface area contributed by atoms with Gasteiger partial charge in [0.15, 0.2) is 12.1 Å². The predicted molar refractivity (Wildman–Crippen MR) is 309 cm³/mol. The van der Waals surface area contributed by atoms with Gasteiger partial charge in [0.05, 0.1) is 208 Å². The van der Waals surface area contributed by atoms with Gasteiger partial charge >= 0.3 is 0 Å². The van der Waals surface area contributed by atoms with E-state index in [9.17, 15) is 29.4 Å². The smallest absolute Gasteiger partial charge is 0.223 e. The van der Waals surface area contributed by atoms with Gasteiger partial charge in [0, 0.05) is 61.7 Å². The number of amides is 2. The number of nitrogens with one attached hydrogen (secondary N) is 3. The zero-order valence-corrected chi connectivity index (χ0v) is 51.0. The number of carbonyl (C=O) groups excluding carboxylic acids is 4. The quantitative estimate of drug-likeness (QED) is 0.0401. The molecule has 86 heavy (non-hydrogen) atoms. The molecule has 2 aliphatic heterocycles. The van der Waals surface area contributed by atoms with Crippen LogP contribution in [0.5, 0.6) is 17.2 Å². The van der Waals surface area contributed by atoms with E-state index in [-0.39, 0.29) is 103 Å². The summed E-state index contributed by atoms with van der Waals surface area (Å²) >= 11 is 0. The second-order valence-electron chi connectivity index (χ2n) is 20.0. The van der Waals surface area contributed by atoms with Crippen LogP contribution in [0.1, 0.15) is 95.5 Å². The van der Waals surface area contributed by atoms with Crippen LogP contribution in [0.2, 0.25) is 0 Å². The van der Waals surface area contributed by atoms with Crippen LogP contribution in [0.3, 0.4) is 0 Å². The van der Waals surface area contributed by atoms with Gasteiger partial charge in [-0.1, -0.05) is 26.0 Å². The standard InChI is InChI=1S/C58H89N3O23.C2H6/c1-40(37-60-47(62)9-11-70-15-16-72-19-20-74-23-24-76-27-28-78-31-32-80-34-33-79-30-29-77-26-25-75-22-21-73-18-17-71-14-13-68-2)61-58(67)41-35-44-51(46(36-41)84-49-8-7-42(38-82-49)83-48-39-81-12-10-59-48)57(66)53-52(55(44)64)54(63)43-5-4-6-45(69-3)50(43)56(53)65;1-2/h4-6,40-42,46,48-49,59,64,66H,7-39H2,1-3H3,(H,60,62)(H,61,67);1-2H3/t40?,41?,42-,46-,48?,49?;/m0./s1. The predicted octanol–water partition coefficient (Wildman–Crippen LogP) is 2.84. The molecule has 2 fully saturated rings. The number of ether oxygens (including phenoxy) is 17. The van der Waals surface area contributed by atoms with Crippen molar-refractivity contribution in [3.8, 4) is 17.2 Å². The first-order chi connectivity index (χ1) is 42.1. The summed E-state index contributed by atoms with van der Waals surface area (Å²) in [7, 11) is 3.00. The summed E-state index contributed by atoms with van der Waals surface area (Å²) < 4.78 is 95.0. The molecule has 2 heterocycles. The number of phenols is 2. The van der Waals surface area contributed by atoms with Crippen LogP contribution in [0.15, 0.2) is 18.2 Å². The number of benzene rings is 2. The monoisotopic (exact) mass is 1230 g/mol. The lowest BCUT2D eigenvalue weighted by atomic mass is 9.74. The summed E-state index contributed by atoms with van der Waals surface area (Å²) in [6.45, 7) is 18.0. The number of ketones is 2. The van der Waals surface area contributed by atoms with E-state index in [1.807, 2.05) is 13.8 Å². The maximum atomic E-state index is 14.1. The number of aromatic hydroxyl groups is 2. The molecule has 2 aromatic carbocycles. The molecule has 4 unspecified atom stereocenters. The van der Waals surface area contributed by atoms with Crippen molar-refractivity contribution >= 4 is 23.4 Å². The molecule has 26 heteroatoms. The van der Waals surface area contributed by atoms with Gasteiger partial charge in [-0.25, -0.2) is 0 Å². The van der Waals surface area contributed by atoms with Gasteiger partial charge in [-0.05, 0) is 32.3 Å². The summed E-state index contributed by atoms with van der Waals surface area (Å²) in [5, 5.41) is 32.9. The largest absolute Gasteiger partial charge is 0.507 e. The van der Waals surface area contributed by atoms with E-state index in [0.29, 0.717) is 171 Å². The normalized spacial score (nSPS) is 19.4. The fourth-order valence-electron chi connectivity index (χ4n) is 9.54. The van der Waals surface area contributed by atoms with Crippen LogP contribution in [0, 0.1) is 5.92 Å². The van der Waals surface area contributed by atoms with E-state index in [2.05, 4.69) is 16.0 Å². The summed E-state index contributed by atoms with van der Waals surface area (Å²) in [4.78, 5) is 54.9. The summed E-state index contributed by atoms with van der Waals surface area (Å²) in [6, 6.07) is 4.04. The zero-order chi connectivity index (χ0) is 61.6. The number of hydrogen-bond donors (Lipinski definition) is 5. The Labute approximate surface area is 505 Å². The summed E-state index contributed by atoms with van der Waals surface area (Å²) in [5.41, 5.74) is -0.519. The number of fused-ring (bicyclic) bond motifs is 3. The van der Waals surface area contributed by atoms with Crippen LogP contribution in [0.4, 0.5) is 0 Å². The Morgan fingerprint density at radius 3 is 1.63 bits per heavy atom. The van der Waals surface area contributed by atoms with Crippen LogP contribution in [0.25, 0.3) is 0 Å². The van der Waals surface area contributed by atoms with Gasteiger partial charge in [-0.15, -0.1) is 0 Å². The number of hydrogen-bond acceptors (Lipinski definition) is 24. The molecule has 488 valence electrons. The van der Waals surface area contributed by atoms with Crippen molar-refractivity contribution in [3.63, 3.8) is 0 Å². The van der Waals surface area contributed by atoms with Crippen molar-refractivity contribution in [1.82, 2.24) is 16.0 Å². The molecule has 2 saturated heterocycles. The number of carbonyl (C=O) groups is 4. The van der Waals surface area contributed by atoms with Crippen molar-refractivity contribution in [1.29, 1.82) is 0 Å². The Balaban J connectivity index is 0.00000668. The molecule has 6 rings (SSSR count). The molecule has 2 amide bonds. The van der Waals surface area contributed by atoms with Crippen LogP contribution in [-0.4, -0.2) is 257 Å². The minimum absolute atomic E-state index is 0.0136. The lowest BCUT2D eigenvalue weighted by molar-refractivity contribution is -0.229. The SMILES string of the molecule is CC.COCCOCCOCCOCCOCCOCCOCCOCCOCCOCCOCCOCCC(=O)NCC(C)NC(=O)C1Cc2c(O)c3c(c(O)c2[C@@H](OC2CC[C@H](OC4COCCN4)CO2)C1)C(=O)c1c(OC)cccc1C3=O. The third kappa shape index (κ3) is 25.1. The molecule has 2 aromatic rings. The molecule has 0 spiro atoms. The first-order valence-electron chi connectivity index (χ1n) is 30.1. The maximum absolute atomic E-state index is 14.1. The summed E-state index contributed by atoms with van der Waals surface area (Å²) in [6.07, 6.45) is -1.30. The molecule has 0 bridgehead atoms. The Kier molecular flexibility index (Phi) is 36.2. The first kappa shape index (κ1) is 72.2. The highest BCUT2D eigenvalue weighted by molar-refractivity contribution is 6.31. The highest BCUT2D eigenvalue weighted by Crippen LogP contribution is 2.51. The van der Waals surface area contributed by atoms with Gasteiger partial charge < -0.3 is 101 Å². The Hall–Kier alpha value is -4.56. The molecule has 0 radical (unpaired) electrons. The Bertz CT molecular complexity index is 2250. The molecule has 26 nitrogen and oxygen atoms in total. The summed E-state index contributed by atoms with van der Waals surface area (Å²) in [5.74, 6) is -3.75. The van der Waals surface area contributed by atoms with Crippen molar-refractivity contribution in [2.45, 2.75) is 83.6 Å². The highest BCUT2D eigenvalue weighted by atomic mass is 16.7. The number of rotatable bonds is 45. The maximum Gasteiger partial charge on any atom is 0.223 e. The van der Waals surface area contributed by atoms with Crippen LogP contribution < -0.4 is 20.7 Å². The molecule has 2 aliphatic carbocycles. The van der Waals surface area contributed by atoms with E-state index >= 15 is 0 Å². The van der Waals surface area contributed by atoms with Crippen molar-refractivity contribution in [2.75, 3.05) is 199 Å². The minimum Gasteiger partial charge on any atom is -0.507 e. The second kappa shape index (κ2) is 43.2. The van der Waals surface area contributed by atoms with E-state index in [0.717, 1.165) is 0 Å². The van der Waals surface area contributed by atoms with E-state index in [4.69, 9.17) is 80.5 Å². The lowest BCUT2D eigenvalue weighted by Crippen LogP contribution is -2.47. The van der Waals surface area contributed by atoms with Crippen LogP contribution >= 0.6 is 0 Å². The van der Waals surface area contributed by atoms with E-state index < -0.39 is 53.3 Å². The molecule has 4 aliphatic rings. The fourth-order valence-corrected chi connectivity index (χ4v) is 9.54. The fraction of sp³-hybridized carbons (Fsp3) is 0.733. The topological polar surface area (TPSA) is 302 Å². The van der Waals surface area contributed by atoms with Crippen molar-refractivity contribution in [3.05, 3.63) is 51.6 Å². The van der Waals surface area contributed by atoms with Gasteiger partial charge in [0.25, 0.3) is 0 Å². The van der Waals surface area contributed by atoms with Gasteiger partial charge in [0.1, 0.15) is 23.5 Å². The third-order valence-corrected chi connectivity index (χ3v) is 13.8. The molecule has 6 atom stereocenters. The van der Waals surface area contributed by atoms with Crippen molar-refractivity contribution < 1.29 is 110 Å². The Morgan fingerprint density at radius 2 is 1.15 bits per heavy atom. The average Bonchev–Trinajstić information content (AvgIpc) is 1.54. The molecule has 5 N–H and O–H groups in total. The zero-order valence-electron chi connectivity index (χ0n) is 51.0. The number of morpholine rings is 1. The van der Waals surface area contributed by atoms with Gasteiger partial charge in [-0.3, -0.25) is 24.5 Å². The lowest BCUT2D eigenvalue weighted by Gasteiger charge is -2.38. The minimum atomic E-state index is -1.04. The molecule has 0 saturated carbocycles. The second-order valence-corrected chi connectivity index (χ2v) is 20.0. The Morgan fingerprint density at radius 1 is 0.640 bits per heavy atom. The molecule has 0 aromatic heterocycles. The van der Waals surface area contributed by atoms with Gasteiger partial charge in [-0.2, -0.15) is 0 Å². The first-order valence-corrected chi connectivity index (χ1v) is 30.1. The number of phenolic OH excluding ortho intramolecular Hbond substituents is 2. The average molecular weight is 1230 g/mol. The van der Waals surface area contributed by atoms with Crippen LogP contribution in [-0.2, 0) is 91.8 Å². The molecular formula is C60H95N3O23. The van der Waals surface area contributed by atoms with E-state index in [1.165, 1.54) is 19.2 Å². The molecular weight excluding hydrogens is 1130 g/mol.